The predicted molar refractivity (Wildman–Crippen MR) is 103 cm³/mol. The van der Waals surface area contributed by atoms with Gasteiger partial charge >= 0.3 is 10.1 Å². The van der Waals surface area contributed by atoms with Gasteiger partial charge < -0.3 is 0 Å². The van der Waals surface area contributed by atoms with Crippen molar-refractivity contribution in [2.75, 3.05) is 11.5 Å². The van der Waals surface area contributed by atoms with Crippen LogP contribution in [0.15, 0.2) is 29.2 Å². The standard InChI is InChI=1S/C19H29O4S2/c1-3-7-18(20)15-24(14-17-8-5-4-6-9-17)23-25(21,22)19-12-10-16(2)11-13-19/h10-13,17H,3-9,14-15H2,1-2H3/q+1. The number of Topliss-reactive ketones (excluding diaryl/α,β-unsaturated/α-hetero) is 1. The van der Waals surface area contributed by atoms with Crippen molar-refractivity contribution in [1.82, 2.24) is 0 Å². The Balaban J connectivity index is 2.09. The van der Waals surface area contributed by atoms with Crippen molar-refractivity contribution < 1.29 is 16.8 Å². The van der Waals surface area contributed by atoms with E-state index in [9.17, 15) is 13.2 Å². The van der Waals surface area contributed by atoms with Crippen molar-refractivity contribution >= 4 is 27.1 Å². The van der Waals surface area contributed by atoms with E-state index in [1.807, 2.05) is 13.8 Å². The van der Waals surface area contributed by atoms with E-state index in [1.54, 1.807) is 24.3 Å². The molecule has 140 valence electrons. The molecule has 0 amide bonds. The normalized spacial score (nSPS) is 17.4. The van der Waals surface area contributed by atoms with Gasteiger partial charge in [-0.1, -0.05) is 43.9 Å². The second-order valence-corrected chi connectivity index (χ2v) is 10.3. The molecular weight excluding hydrogens is 356 g/mol. The van der Waals surface area contributed by atoms with Gasteiger partial charge in [0.1, 0.15) is 5.75 Å². The largest absolute Gasteiger partial charge is 0.339 e. The Morgan fingerprint density at radius 3 is 2.40 bits per heavy atom. The second-order valence-electron chi connectivity index (χ2n) is 6.88. The zero-order valence-corrected chi connectivity index (χ0v) is 16.8. The van der Waals surface area contributed by atoms with Gasteiger partial charge in [-0.2, -0.15) is 8.42 Å². The van der Waals surface area contributed by atoms with Gasteiger partial charge in [0.2, 0.25) is 5.75 Å². The molecule has 25 heavy (non-hydrogen) atoms. The van der Waals surface area contributed by atoms with Crippen LogP contribution in [0.25, 0.3) is 0 Å². The highest BCUT2D eigenvalue weighted by atomic mass is 32.3. The average Bonchev–Trinajstić information content (AvgIpc) is 2.56. The Hall–Kier alpha value is -0.850. The van der Waals surface area contributed by atoms with Crippen LogP contribution in [0.3, 0.4) is 0 Å². The Labute approximate surface area is 155 Å². The minimum atomic E-state index is -3.83. The molecule has 1 aliphatic rings. The van der Waals surface area contributed by atoms with Crippen LogP contribution in [-0.4, -0.2) is 25.7 Å². The van der Waals surface area contributed by atoms with Crippen LogP contribution >= 0.6 is 0 Å². The molecular formula is C19H29O4S2+. The second kappa shape index (κ2) is 9.74. The first-order valence-corrected chi connectivity index (χ1v) is 12.0. The maximum atomic E-state index is 12.6. The van der Waals surface area contributed by atoms with Gasteiger partial charge in [0.05, 0.1) is 4.90 Å². The van der Waals surface area contributed by atoms with E-state index >= 15 is 0 Å². The lowest BCUT2D eigenvalue weighted by Crippen LogP contribution is -2.29. The van der Waals surface area contributed by atoms with Crippen LogP contribution in [-0.2, 0) is 29.7 Å². The third-order valence-electron chi connectivity index (χ3n) is 4.49. The number of hydrogen-bond acceptors (Lipinski definition) is 4. The Morgan fingerprint density at radius 1 is 1.16 bits per heavy atom. The minimum Gasteiger partial charge on any atom is -0.294 e. The topological polar surface area (TPSA) is 60.4 Å². The molecule has 0 heterocycles. The summed E-state index contributed by atoms with van der Waals surface area (Å²) in [7, 11) is -3.83. The summed E-state index contributed by atoms with van der Waals surface area (Å²) in [6.07, 6.45) is 7.12. The molecule has 1 saturated carbocycles. The number of aryl methyl sites for hydroxylation is 1. The van der Waals surface area contributed by atoms with Crippen LogP contribution < -0.4 is 0 Å². The first kappa shape index (κ1) is 20.5. The molecule has 0 aliphatic heterocycles. The Morgan fingerprint density at radius 2 is 1.80 bits per heavy atom. The molecule has 2 rings (SSSR count). The van der Waals surface area contributed by atoms with Gasteiger partial charge in [0.15, 0.2) is 17.0 Å². The molecule has 1 atom stereocenters. The van der Waals surface area contributed by atoms with Gasteiger partial charge in [-0.3, -0.25) is 4.79 Å². The summed E-state index contributed by atoms with van der Waals surface area (Å²) in [5.41, 5.74) is 0.998. The zero-order valence-electron chi connectivity index (χ0n) is 15.2. The zero-order chi connectivity index (χ0) is 18.3. The van der Waals surface area contributed by atoms with Crippen LogP contribution in [0, 0.1) is 12.8 Å². The summed E-state index contributed by atoms with van der Waals surface area (Å²) in [5, 5.41) is 0. The number of benzene rings is 1. The Kier molecular flexibility index (Phi) is 7.97. The first-order chi connectivity index (χ1) is 11.9. The highest BCUT2D eigenvalue weighted by molar-refractivity contribution is 8.03. The van der Waals surface area contributed by atoms with E-state index in [1.165, 1.54) is 19.3 Å². The molecule has 1 aliphatic carbocycles. The fraction of sp³-hybridized carbons (Fsp3) is 0.632. The predicted octanol–water partition coefficient (Wildman–Crippen LogP) is 4.18. The summed E-state index contributed by atoms with van der Waals surface area (Å²) in [5.74, 6) is 1.47. The van der Waals surface area contributed by atoms with E-state index in [4.69, 9.17) is 3.63 Å². The third-order valence-corrected chi connectivity index (χ3v) is 8.32. The summed E-state index contributed by atoms with van der Waals surface area (Å²) in [4.78, 5) is 12.3. The van der Waals surface area contributed by atoms with Crippen molar-refractivity contribution in [3.05, 3.63) is 29.8 Å². The van der Waals surface area contributed by atoms with Gasteiger partial charge in [0.25, 0.3) is 0 Å². The fourth-order valence-electron chi connectivity index (χ4n) is 3.13. The number of carbonyl (C=O) groups is 1. The maximum Gasteiger partial charge on any atom is 0.339 e. The number of ketones is 1. The fourth-order valence-corrected chi connectivity index (χ4v) is 6.82. The number of carbonyl (C=O) groups excluding carboxylic acids is 1. The molecule has 0 bridgehead atoms. The van der Waals surface area contributed by atoms with E-state index in [2.05, 4.69) is 0 Å². The Bertz CT molecular complexity index is 647. The van der Waals surface area contributed by atoms with Crippen molar-refractivity contribution in [1.29, 1.82) is 0 Å². The third kappa shape index (κ3) is 6.76. The van der Waals surface area contributed by atoms with Crippen LogP contribution in [0.1, 0.15) is 57.4 Å². The smallest absolute Gasteiger partial charge is 0.294 e. The molecule has 0 N–H and O–H groups in total. The molecule has 0 spiro atoms. The van der Waals surface area contributed by atoms with Gasteiger partial charge in [-0.25, -0.2) is 0 Å². The maximum absolute atomic E-state index is 12.6. The molecule has 1 fully saturated rings. The molecule has 1 aromatic carbocycles. The van der Waals surface area contributed by atoms with Gasteiger partial charge in [0, 0.05) is 12.3 Å². The van der Waals surface area contributed by atoms with Crippen molar-refractivity contribution in [2.24, 2.45) is 5.92 Å². The van der Waals surface area contributed by atoms with Crippen molar-refractivity contribution in [3.63, 3.8) is 0 Å². The van der Waals surface area contributed by atoms with Crippen molar-refractivity contribution in [3.8, 4) is 0 Å². The quantitative estimate of drug-likeness (QED) is 0.598. The lowest BCUT2D eigenvalue weighted by atomic mass is 9.91. The molecule has 0 saturated heterocycles. The van der Waals surface area contributed by atoms with Gasteiger partial charge in [-0.05, 0) is 41.9 Å². The minimum absolute atomic E-state index is 0.0979. The molecule has 6 heteroatoms. The molecule has 1 aromatic rings. The van der Waals surface area contributed by atoms with E-state index in [0.717, 1.165) is 24.8 Å². The molecule has 0 aromatic heterocycles. The first-order valence-electron chi connectivity index (χ1n) is 9.11. The van der Waals surface area contributed by atoms with Crippen LogP contribution in [0.5, 0.6) is 0 Å². The number of hydrogen-bond donors (Lipinski definition) is 0. The lowest BCUT2D eigenvalue weighted by molar-refractivity contribution is -0.116. The number of rotatable bonds is 9. The van der Waals surface area contributed by atoms with E-state index < -0.39 is 21.3 Å². The van der Waals surface area contributed by atoms with Gasteiger partial charge in [-0.15, -0.1) is 0 Å². The summed E-state index contributed by atoms with van der Waals surface area (Å²) in [6, 6.07) is 6.66. The lowest BCUT2D eigenvalue weighted by Gasteiger charge is -2.20. The summed E-state index contributed by atoms with van der Waals surface area (Å²) >= 11 is -0.866. The summed E-state index contributed by atoms with van der Waals surface area (Å²) in [6.45, 7) is 3.87. The van der Waals surface area contributed by atoms with E-state index in [-0.39, 0.29) is 16.4 Å². The average molecular weight is 386 g/mol. The SMILES string of the molecule is CCCC(=O)C[S+](CC1CCCCC1)OS(=O)(=O)c1ccc(C)cc1. The van der Waals surface area contributed by atoms with E-state index in [0.29, 0.717) is 18.1 Å². The van der Waals surface area contributed by atoms with Crippen LogP contribution in [0.4, 0.5) is 0 Å². The summed E-state index contributed by atoms with van der Waals surface area (Å²) < 4.78 is 30.8. The highest BCUT2D eigenvalue weighted by Gasteiger charge is 2.36. The molecule has 4 nitrogen and oxygen atoms in total. The highest BCUT2D eigenvalue weighted by Crippen LogP contribution is 2.27. The molecule has 1 unspecified atom stereocenters. The molecule has 0 radical (unpaired) electrons. The van der Waals surface area contributed by atoms with Crippen molar-refractivity contribution in [2.45, 2.75) is 63.7 Å². The van der Waals surface area contributed by atoms with Crippen LogP contribution in [0.2, 0.25) is 0 Å². The monoisotopic (exact) mass is 385 g/mol.